The molecule has 302 valence electrons. The number of rotatable bonds is 37. The summed E-state index contributed by atoms with van der Waals surface area (Å²) in [5.41, 5.74) is 0. The smallest absolute Gasteiger partial charge is 0.306 e. The molecule has 0 fully saturated rings. The lowest BCUT2D eigenvalue weighted by Gasteiger charge is -2.34. The van der Waals surface area contributed by atoms with Crippen LogP contribution in [-0.2, 0) is 28.6 Å². The zero-order valence-corrected chi connectivity index (χ0v) is 34.2. The van der Waals surface area contributed by atoms with Crippen LogP contribution in [0.1, 0.15) is 174 Å². The normalized spacial score (nSPS) is 13.3. The van der Waals surface area contributed by atoms with Gasteiger partial charge in [-0.3, -0.25) is 9.59 Å². The van der Waals surface area contributed by atoms with E-state index in [-0.39, 0.29) is 49.1 Å². The molecule has 0 bridgehead atoms. The van der Waals surface area contributed by atoms with Crippen molar-refractivity contribution in [3.8, 4) is 0 Å². The Balaban J connectivity index is 4.39. The first kappa shape index (κ1) is 49.6. The highest BCUT2D eigenvalue weighted by Crippen LogP contribution is 2.15. The third-order valence-electron chi connectivity index (χ3n) is 9.29. The van der Waals surface area contributed by atoms with Gasteiger partial charge in [0.2, 0.25) is 0 Å². The first-order valence-corrected chi connectivity index (χ1v) is 21.0. The molecule has 0 aromatic carbocycles. The number of hydrogen-bond donors (Lipinski definition) is 0. The molecule has 0 rings (SSSR count). The molecule has 52 heavy (non-hydrogen) atoms. The van der Waals surface area contributed by atoms with Crippen LogP contribution >= 0.6 is 0 Å². The lowest BCUT2D eigenvalue weighted by atomic mass is 10.0. The van der Waals surface area contributed by atoms with Gasteiger partial charge in [0.05, 0.1) is 40.3 Å². The molecule has 0 N–H and O–H groups in total. The van der Waals surface area contributed by atoms with Crippen LogP contribution in [0, 0.1) is 0 Å². The van der Waals surface area contributed by atoms with Crippen molar-refractivity contribution in [1.29, 1.82) is 0 Å². The topological polar surface area (TPSA) is 102 Å². The highest BCUT2D eigenvalue weighted by Gasteiger charge is 2.25. The van der Waals surface area contributed by atoms with Crippen molar-refractivity contribution in [2.45, 2.75) is 187 Å². The van der Waals surface area contributed by atoms with Crippen LogP contribution in [0.15, 0.2) is 36.5 Å². The van der Waals surface area contributed by atoms with Crippen molar-refractivity contribution in [2.75, 3.05) is 41.0 Å². The first-order valence-electron chi connectivity index (χ1n) is 21.0. The van der Waals surface area contributed by atoms with Gasteiger partial charge in [0.15, 0.2) is 6.10 Å². The summed E-state index contributed by atoms with van der Waals surface area (Å²) in [6, 6.07) is -0.729. The van der Waals surface area contributed by atoms with E-state index in [1.807, 2.05) is 0 Å². The highest BCUT2D eigenvalue weighted by atomic mass is 16.6. The molecular formula is C44H79NO7. The second-order valence-corrected chi connectivity index (χ2v) is 15.2. The number of likely N-dealkylation sites (N-methyl/N-ethyl adjacent to an activating group) is 1. The van der Waals surface area contributed by atoms with Crippen LogP contribution in [0.5, 0.6) is 0 Å². The molecule has 0 saturated heterocycles. The molecule has 0 aliphatic heterocycles. The number of esters is 2. The van der Waals surface area contributed by atoms with Gasteiger partial charge in [-0.1, -0.05) is 147 Å². The molecule has 0 aliphatic carbocycles. The average molecular weight is 734 g/mol. The molecular weight excluding hydrogens is 654 g/mol. The number of aliphatic carboxylic acids is 1. The molecule has 0 aliphatic rings. The average Bonchev–Trinajstić information content (AvgIpc) is 3.09. The molecule has 8 nitrogen and oxygen atoms in total. The maximum Gasteiger partial charge on any atom is 0.306 e. The zero-order chi connectivity index (χ0) is 38.5. The van der Waals surface area contributed by atoms with Gasteiger partial charge in [0.25, 0.3) is 0 Å². The number of unbranched alkanes of at least 4 members (excludes halogenated alkanes) is 17. The standard InChI is InChI=1S/C44H79NO7/c1-6-8-10-12-14-16-18-20-21-23-24-26-28-30-32-34-42(46)51-39-40(38-50-37-36-41(44(48)49)45(3,4)5)52-43(47)35-33-31-29-27-25-22-19-17-15-13-11-9-7-2/h9,11,15,17,22,25,40-41H,6-8,10,12-14,16,18-21,23-24,26-39H2,1-5H3/b11-9-,17-15-,25-22-. The summed E-state index contributed by atoms with van der Waals surface area (Å²) in [7, 11) is 5.39. The van der Waals surface area contributed by atoms with Crippen molar-refractivity contribution >= 4 is 17.9 Å². The Morgan fingerprint density at radius 2 is 1.08 bits per heavy atom. The maximum atomic E-state index is 12.7. The molecule has 2 unspecified atom stereocenters. The zero-order valence-electron chi connectivity index (χ0n) is 34.2. The van der Waals surface area contributed by atoms with Gasteiger partial charge in [0, 0.05) is 19.3 Å². The minimum atomic E-state index is -1.13. The van der Waals surface area contributed by atoms with Gasteiger partial charge in [-0.15, -0.1) is 0 Å². The number of hydrogen-bond acceptors (Lipinski definition) is 7. The lowest BCUT2D eigenvalue weighted by molar-refractivity contribution is -0.889. The fourth-order valence-corrected chi connectivity index (χ4v) is 6.03. The summed E-state index contributed by atoms with van der Waals surface area (Å²) in [5.74, 6) is -1.77. The highest BCUT2D eigenvalue weighted by molar-refractivity contribution is 5.70. The van der Waals surface area contributed by atoms with Gasteiger partial charge >= 0.3 is 11.9 Å². The minimum Gasteiger partial charge on any atom is -0.544 e. The predicted molar refractivity (Wildman–Crippen MR) is 213 cm³/mol. The number of ether oxygens (including phenoxy) is 3. The van der Waals surface area contributed by atoms with E-state index < -0.39 is 18.1 Å². The van der Waals surface area contributed by atoms with E-state index in [0.29, 0.717) is 6.42 Å². The fraction of sp³-hybridized carbons (Fsp3) is 0.795. The van der Waals surface area contributed by atoms with Gasteiger partial charge < -0.3 is 28.6 Å². The molecule has 0 saturated carbocycles. The molecule has 0 aromatic rings. The van der Waals surface area contributed by atoms with Gasteiger partial charge in [-0.05, 0) is 44.9 Å². The van der Waals surface area contributed by atoms with Crippen LogP contribution in [0.25, 0.3) is 0 Å². The molecule has 0 radical (unpaired) electrons. The van der Waals surface area contributed by atoms with Crippen molar-refractivity contribution in [3.63, 3.8) is 0 Å². The second kappa shape index (κ2) is 35.6. The van der Waals surface area contributed by atoms with Crippen LogP contribution in [0.3, 0.4) is 0 Å². The molecule has 8 heteroatoms. The van der Waals surface area contributed by atoms with E-state index >= 15 is 0 Å². The maximum absolute atomic E-state index is 12.7. The summed E-state index contributed by atoms with van der Waals surface area (Å²) >= 11 is 0. The minimum absolute atomic E-state index is 0.0308. The Bertz CT molecular complexity index is 953. The largest absolute Gasteiger partial charge is 0.544 e. The summed E-state index contributed by atoms with van der Waals surface area (Å²) in [5, 5.41) is 11.6. The number of carbonyl (C=O) groups excluding carboxylic acids is 3. The first-order chi connectivity index (χ1) is 25.1. The van der Waals surface area contributed by atoms with Crippen LogP contribution < -0.4 is 5.11 Å². The predicted octanol–water partition coefficient (Wildman–Crippen LogP) is 9.74. The fourth-order valence-electron chi connectivity index (χ4n) is 6.03. The monoisotopic (exact) mass is 734 g/mol. The van der Waals surface area contributed by atoms with E-state index in [1.165, 1.54) is 77.0 Å². The Labute approximate surface area is 319 Å². The van der Waals surface area contributed by atoms with E-state index in [0.717, 1.165) is 64.2 Å². The second-order valence-electron chi connectivity index (χ2n) is 15.2. The van der Waals surface area contributed by atoms with Crippen LogP contribution in [-0.4, -0.2) is 75.5 Å². The molecule has 0 spiro atoms. The van der Waals surface area contributed by atoms with Crippen molar-refractivity contribution in [3.05, 3.63) is 36.5 Å². The molecule has 0 amide bonds. The molecule has 0 heterocycles. The quantitative estimate of drug-likeness (QED) is 0.0271. The van der Waals surface area contributed by atoms with Gasteiger partial charge in [-0.2, -0.15) is 0 Å². The van der Waals surface area contributed by atoms with Gasteiger partial charge in [-0.25, -0.2) is 0 Å². The number of quaternary nitrogens is 1. The Morgan fingerprint density at radius 1 is 0.596 bits per heavy atom. The summed E-state index contributed by atoms with van der Waals surface area (Å²) < 4.78 is 17.1. The van der Waals surface area contributed by atoms with Crippen LogP contribution in [0.2, 0.25) is 0 Å². The molecule has 0 aromatic heterocycles. The summed E-state index contributed by atoms with van der Waals surface area (Å²) in [6.07, 6.45) is 38.8. The van der Waals surface area contributed by atoms with Crippen LogP contribution in [0.4, 0.5) is 0 Å². The van der Waals surface area contributed by atoms with Crippen molar-refractivity contribution < 1.29 is 38.2 Å². The number of carbonyl (C=O) groups is 3. The van der Waals surface area contributed by atoms with E-state index in [9.17, 15) is 19.5 Å². The number of nitrogens with zero attached hydrogens (tertiary/aromatic N) is 1. The van der Waals surface area contributed by atoms with Crippen molar-refractivity contribution in [2.24, 2.45) is 0 Å². The number of carboxylic acids is 1. The Kier molecular flexibility index (Phi) is 33.9. The Hall–Kier alpha value is -2.45. The summed E-state index contributed by atoms with van der Waals surface area (Å²) in [6.45, 7) is 4.52. The molecule has 2 atom stereocenters. The number of allylic oxidation sites excluding steroid dienone is 6. The van der Waals surface area contributed by atoms with Crippen molar-refractivity contribution in [1.82, 2.24) is 0 Å². The Morgan fingerprint density at radius 3 is 1.60 bits per heavy atom. The van der Waals surface area contributed by atoms with E-state index in [4.69, 9.17) is 14.2 Å². The van der Waals surface area contributed by atoms with E-state index in [2.05, 4.69) is 50.3 Å². The summed E-state index contributed by atoms with van der Waals surface area (Å²) in [4.78, 5) is 36.7. The third-order valence-corrected chi connectivity index (χ3v) is 9.29. The third kappa shape index (κ3) is 33.4. The van der Waals surface area contributed by atoms with Gasteiger partial charge in [0.1, 0.15) is 12.6 Å². The lowest BCUT2D eigenvalue weighted by Crippen LogP contribution is -2.55. The SMILES string of the molecule is CC/C=C\C/C=C\C/C=C\CCCCCC(=O)OC(COCCC(C(=O)[O-])[N+](C)(C)C)COC(=O)CCCCCCCCCCCCCCCCC. The number of carboxylic acid groups (broad SMARTS) is 1. The van der Waals surface area contributed by atoms with E-state index in [1.54, 1.807) is 21.1 Å².